The number of hydrogen-bond donors (Lipinski definition) is 2. The number of carbonyl (C=O) groups excluding carboxylic acids is 1. The summed E-state index contributed by atoms with van der Waals surface area (Å²) in [4.78, 5) is 17.0. The molecule has 1 aromatic rings. The normalized spacial score (nSPS) is 9.56. The third kappa shape index (κ3) is 3.70. The highest BCUT2D eigenvalue weighted by molar-refractivity contribution is 5.89. The van der Waals surface area contributed by atoms with Gasteiger partial charge in [0, 0.05) is 31.2 Å². The molecule has 2 N–H and O–H groups in total. The number of nitrogens with one attached hydrogen (secondary N) is 1. The van der Waals surface area contributed by atoms with E-state index in [0.29, 0.717) is 12.2 Å². The lowest BCUT2D eigenvalue weighted by Crippen LogP contribution is -2.37. The van der Waals surface area contributed by atoms with E-state index in [-0.39, 0.29) is 19.2 Å². The van der Waals surface area contributed by atoms with Crippen LogP contribution in [-0.2, 0) is 0 Å². The van der Waals surface area contributed by atoms with Gasteiger partial charge in [0.25, 0.3) is 0 Å². The Balaban J connectivity index is 2.58. The predicted molar refractivity (Wildman–Crippen MR) is 62.1 cm³/mol. The minimum absolute atomic E-state index is 0.0718. The number of pyridine rings is 1. The van der Waals surface area contributed by atoms with Crippen LogP contribution in [0.5, 0.6) is 0 Å². The van der Waals surface area contributed by atoms with Crippen molar-refractivity contribution >= 4 is 11.7 Å². The van der Waals surface area contributed by atoms with Crippen molar-refractivity contribution in [1.82, 2.24) is 9.88 Å². The lowest BCUT2D eigenvalue weighted by atomic mass is 10.4. The zero-order chi connectivity index (χ0) is 11.8. The highest BCUT2D eigenvalue weighted by Gasteiger charge is 2.10. The summed E-state index contributed by atoms with van der Waals surface area (Å²) >= 11 is 0. The molecule has 0 spiro atoms. The molecule has 2 amide bonds. The minimum atomic E-state index is -0.264. The van der Waals surface area contributed by atoms with E-state index in [1.807, 2.05) is 0 Å². The van der Waals surface area contributed by atoms with Crippen LogP contribution < -0.4 is 5.32 Å². The molecule has 0 aliphatic rings. The Morgan fingerprint density at radius 1 is 1.56 bits per heavy atom. The van der Waals surface area contributed by atoms with Crippen LogP contribution in [0.2, 0.25) is 0 Å². The Labute approximate surface area is 94.4 Å². The van der Waals surface area contributed by atoms with Crippen LogP contribution in [0.4, 0.5) is 10.5 Å². The summed E-state index contributed by atoms with van der Waals surface area (Å²) in [5.74, 6) is 0. The van der Waals surface area contributed by atoms with Gasteiger partial charge in [-0.2, -0.15) is 0 Å². The van der Waals surface area contributed by atoms with E-state index < -0.39 is 0 Å². The third-order valence-electron chi connectivity index (χ3n) is 1.94. The van der Waals surface area contributed by atoms with Gasteiger partial charge < -0.3 is 15.3 Å². The van der Waals surface area contributed by atoms with Gasteiger partial charge in [0.2, 0.25) is 0 Å². The zero-order valence-corrected chi connectivity index (χ0v) is 8.97. The van der Waals surface area contributed by atoms with E-state index in [1.54, 1.807) is 30.6 Å². The van der Waals surface area contributed by atoms with Crippen molar-refractivity contribution in [3.63, 3.8) is 0 Å². The molecule has 0 saturated carbocycles. The van der Waals surface area contributed by atoms with Crippen molar-refractivity contribution in [2.45, 2.75) is 0 Å². The van der Waals surface area contributed by atoms with Gasteiger partial charge in [-0.3, -0.25) is 4.98 Å². The first kappa shape index (κ1) is 12.2. The van der Waals surface area contributed by atoms with Crippen LogP contribution in [0.25, 0.3) is 0 Å². The maximum atomic E-state index is 11.7. The number of hydrogen-bond acceptors (Lipinski definition) is 3. The van der Waals surface area contributed by atoms with E-state index in [2.05, 4.69) is 16.9 Å². The highest BCUT2D eigenvalue weighted by Crippen LogP contribution is 2.04. The van der Waals surface area contributed by atoms with Crippen LogP contribution in [0.3, 0.4) is 0 Å². The molecule has 0 radical (unpaired) electrons. The summed E-state index contributed by atoms with van der Waals surface area (Å²) in [5.41, 5.74) is 0.673. The van der Waals surface area contributed by atoms with E-state index in [4.69, 9.17) is 5.11 Å². The van der Waals surface area contributed by atoms with E-state index in [1.165, 1.54) is 4.90 Å². The Hall–Kier alpha value is -1.88. The van der Waals surface area contributed by atoms with Crippen molar-refractivity contribution in [2.75, 3.05) is 25.0 Å². The number of anilines is 1. The van der Waals surface area contributed by atoms with E-state index in [0.717, 1.165) is 0 Å². The Morgan fingerprint density at radius 3 is 2.81 bits per heavy atom. The molecule has 1 heterocycles. The molecule has 0 aliphatic heterocycles. The van der Waals surface area contributed by atoms with Crippen LogP contribution in [0.15, 0.2) is 37.2 Å². The first-order chi connectivity index (χ1) is 7.77. The second-order valence-corrected chi connectivity index (χ2v) is 3.12. The van der Waals surface area contributed by atoms with Gasteiger partial charge in [-0.15, -0.1) is 6.58 Å². The molecule has 16 heavy (non-hydrogen) atoms. The minimum Gasteiger partial charge on any atom is -0.395 e. The summed E-state index contributed by atoms with van der Waals surface area (Å²) in [6.07, 6.45) is 4.81. The Kier molecular flexibility index (Phi) is 5.01. The number of aliphatic hydroxyl groups is 1. The summed E-state index contributed by atoms with van der Waals surface area (Å²) in [5, 5.41) is 11.5. The van der Waals surface area contributed by atoms with Crippen LogP contribution >= 0.6 is 0 Å². The number of nitrogens with zero attached hydrogens (tertiary/aromatic N) is 2. The molecule has 0 saturated heterocycles. The molecule has 0 atom stereocenters. The summed E-state index contributed by atoms with van der Waals surface area (Å²) in [6, 6.07) is 3.13. The molecular formula is C11H15N3O2. The topological polar surface area (TPSA) is 65.5 Å². The molecule has 1 rings (SSSR count). The van der Waals surface area contributed by atoms with Gasteiger partial charge in [-0.05, 0) is 12.1 Å². The maximum Gasteiger partial charge on any atom is 0.322 e. The number of rotatable bonds is 5. The zero-order valence-electron chi connectivity index (χ0n) is 8.97. The van der Waals surface area contributed by atoms with Crippen LogP contribution in [0, 0.1) is 0 Å². The fourth-order valence-electron chi connectivity index (χ4n) is 1.19. The number of urea groups is 1. The maximum absolute atomic E-state index is 11.7. The van der Waals surface area contributed by atoms with Gasteiger partial charge in [0.15, 0.2) is 0 Å². The Bertz CT molecular complexity index is 340. The average molecular weight is 221 g/mol. The molecule has 5 heteroatoms. The average Bonchev–Trinajstić information content (AvgIpc) is 2.30. The monoisotopic (exact) mass is 221 g/mol. The summed E-state index contributed by atoms with van der Waals surface area (Å²) < 4.78 is 0. The molecule has 0 aromatic carbocycles. The van der Waals surface area contributed by atoms with Crippen molar-refractivity contribution in [1.29, 1.82) is 0 Å². The molecule has 5 nitrogen and oxygen atoms in total. The molecule has 0 bridgehead atoms. The second kappa shape index (κ2) is 6.58. The van der Waals surface area contributed by atoms with Crippen molar-refractivity contribution in [3.8, 4) is 0 Å². The van der Waals surface area contributed by atoms with E-state index >= 15 is 0 Å². The van der Waals surface area contributed by atoms with Crippen molar-refractivity contribution < 1.29 is 9.90 Å². The summed E-state index contributed by atoms with van der Waals surface area (Å²) in [6.45, 7) is 4.17. The summed E-state index contributed by atoms with van der Waals surface area (Å²) in [7, 11) is 0. The van der Waals surface area contributed by atoms with Crippen molar-refractivity contribution in [2.24, 2.45) is 0 Å². The molecule has 0 fully saturated rings. The highest BCUT2D eigenvalue weighted by atomic mass is 16.3. The largest absolute Gasteiger partial charge is 0.395 e. The number of aliphatic hydroxyl groups excluding tert-OH is 1. The fraction of sp³-hybridized carbons (Fsp3) is 0.273. The lowest BCUT2D eigenvalue weighted by Gasteiger charge is -2.20. The fourth-order valence-corrected chi connectivity index (χ4v) is 1.19. The van der Waals surface area contributed by atoms with Gasteiger partial charge >= 0.3 is 6.03 Å². The molecular weight excluding hydrogens is 206 g/mol. The van der Waals surface area contributed by atoms with Gasteiger partial charge in [-0.1, -0.05) is 6.08 Å². The van der Waals surface area contributed by atoms with Crippen molar-refractivity contribution in [3.05, 3.63) is 37.2 Å². The lowest BCUT2D eigenvalue weighted by molar-refractivity contribution is 0.195. The first-order valence-electron chi connectivity index (χ1n) is 4.95. The SMILES string of the molecule is C=CCN(CCO)C(=O)Nc1ccncc1. The van der Waals surface area contributed by atoms with E-state index in [9.17, 15) is 4.79 Å². The molecule has 0 aliphatic carbocycles. The first-order valence-corrected chi connectivity index (χ1v) is 4.95. The predicted octanol–water partition coefficient (Wildman–Crippen LogP) is 1.09. The number of carbonyl (C=O) groups is 1. The Morgan fingerprint density at radius 2 is 2.25 bits per heavy atom. The number of aromatic nitrogens is 1. The standard InChI is InChI=1S/C11H15N3O2/c1-2-7-14(8-9-15)11(16)13-10-3-5-12-6-4-10/h2-6,15H,1,7-9H2,(H,12,13,16). The smallest absolute Gasteiger partial charge is 0.322 e. The van der Waals surface area contributed by atoms with Gasteiger partial charge in [-0.25, -0.2) is 4.79 Å². The number of amides is 2. The quantitative estimate of drug-likeness (QED) is 0.731. The van der Waals surface area contributed by atoms with Crippen LogP contribution in [-0.4, -0.2) is 40.7 Å². The van der Waals surface area contributed by atoms with Crippen LogP contribution in [0.1, 0.15) is 0 Å². The second-order valence-electron chi connectivity index (χ2n) is 3.12. The molecule has 86 valence electrons. The molecule has 1 aromatic heterocycles. The van der Waals surface area contributed by atoms with Gasteiger partial charge in [0.05, 0.1) is 6.61 Å². The third-order valence-corrected chi connectivity index (χ3v) is 1.94. The van der Waals surface area contributed by atoms with Gasteiger partial charge in [0.1, 0.15) is 0 Å². The molecule has 0 unspecified atom stereocenters.